The van der Waals surface area contributed by atoms with Gasteiger partial charge in [-0.3, -0.25) is 9.52 Å². The van der Waals surface area contributed by atoms with Crippen molar-refractivity contribution >= 4 is 38.3 Å². The average Bonchev–Trinajstić information content (AvgIpc) is 3.52. The van der Waals surface area contributed by atoms with Gasteiger partial charge in [0.15, 0.2) is 16.4 Å². The molecule has 34 heavy (non-hydrogen) atoms. The Morgan fingerprint density at radius 3 is 2.68 bits per heavy atom. The monoisotopic (exact) mass is 480 g/mol. The minimum absolute atomic E-state index is 0.0196. The van der Waals surface area contributed by atoms with E-state index in [-0.39, 0.29) is 39.7 Å². The molecule has 0 saturated heterocycles. The van der Waals surface area contributed by atoms with Crippen LogP contribution in [0.25, 0.3) is 11.0 Å². The van der Waals surface area contributed by atoms with Gasteiger partial charge in [-0.1, -0.05) is 30.1 Å². The summed E-state index contributed by atoms with van der Waals surface area (Å²) in [5.74, 6) is 0.134. The molecule has 176 valence electrons. The second kappa shape index (κ2) is 8.24. The molecular weight excluding hydrogens is 456 g/mol. The molecule has 10 nitrogen and oxygen atoms in total. The van der Waals surface area contributed by atoms with Crippen molar-refractivity contribution in [2.24, 2.45) is 0 Å². The summed E-state index contributed by atoms with van der Waals surface area (Å²) >= 11 is 0. The molecule has 0 amide bonds. The molecule has 1 fully saturated rings. The highest BCUT2D eigenvalue weighted by atomic mass is 32.2. The number of nitrogen functional groups attached to an aromatic ring is 1. The van der Waals surface area contributed by atoms with Crippen molar-refractivity contribution in [1.82, 2.24) is 19.7 Å². The summed E-state index contributed by atoms with van der Waals surface area (Å²) in [7, 11) is -3.95. The van der Waals surface area contributed by atoms with Crippen LogP contribution in [0.3, 0.4) is 0 Å². The number of carbonyl (C=O) groups excluding carboxylic acids is 1. The van der Waals surface area contributed by atoms with Gasteiger partial charge in [0.05, 0.1) is 10.9 Å². The Morgan fingerprint density at radius 2 is 1.97 bits per heavy atom. The maximum atomic E-state index is 13.6. The molecule has 0 unspecified atom stereocenters. The first-order valence-electron chi connectivity index (χ1n) is 11.0. The number of carbonyl (C=O) groups is 1. The number of aryl methyl sites for hydroxylation is 2. The number of fused-ring (bicyclic) bond motifs is 1. The van der Waals surface area contributed by atoms with E-state index < -0.39 is 10.0 Å². The fourth-order valence-electron chi connectivity index (χ4n) is 4.69. The number of benzene rings is 1. The van der Waals surface area contributed by atoms with Crippen LogP contribution in [0.15, 0.2) is 46.2 Å². The van der Waals surface area contributed by atoms with Gasteiger partial charge in [-0.25, -0.2) is 18.4 Å². The summed E-state index contributed by atoms with van der Waals surface area (Å²) < 4.78 is 35.3. The number of hydrogen-bond acceptors (Lipinski definition) is 8. The third kappa shape index (κ3) is 3.71. The van der Waals surface area contributed by atoms with Crippen LogP contribution >= 0.6 is 0 Å². The molecule has 0 aliphatic heterocycles. The van der Waals surface area contributed by atoms with Crippen LogP contribution in [0.4, 0.5) is 11.5 Å². The number of hydrogen-bond donors (Lipinski definition) is 2. The van der Waals surface area contributed by atoms with E-state index in [0.29, 0.717) is 22.2 Å². The summed E-state index contributed by atoms with van der Waals surface area (Å²) in [6, 6.07) is 6.58. The van der Waals surface area contributed by atoms with Crippen molar-refractivity contribution < 1.29 is 17.7 Å². The number of sulfonamides is 1. The van der Waals surface area contributed by atoms with Crippen molar-refractivity contribution in [3.8, 4) is 0 Å². The topological polar surface area (TPSA) is 146 Å². The molecule has 1 aliphatic rings. The molecule has 3 aromatic heterocycles. The highest BCUT2D eigenvalue weighted by Gasteiger charge is 2.27. The third-order valence-electron chi connectivity index (χ3n) is 6.21. The molecule has 3 N–H and O–H groups in total. The molecule has 4 aromatic rings. The first-order valence-corrected chi connectivity index (χ1v) is 12.5. The average molecular weight is 481 g/mol. The molecule has 1 saturated carbocycles. The smallest absolute Gasteiger partial charge is 0.267 e. The molecule has 11 heteroatoms. The van der Waals surface area contributed by atoms with E-state index >= 15 is 0 Å². The zero-order valence-corrected chi connectivity index (χ0v) is 19.6. The van der Waals surface area contributed by atoms with Gasteiger partial charge in [0, 0.05) is 23.5 Å². The van der Waals surface area contributed by atoms with E-state index in [1.807, 2.05) is 4.57 Å². The van der Waals surface area contributed by atoms with Gasteiger partial charge in [-0.2, -0.15) is 0 Å². The van der Waals surface area contributed by atoms with E-state index in [9.17, 15) is 13.2 Å². The van der Waals surface area contributed by atoms with Crippen LogP contribution in [0.1, 0.15) is 59.1 Å². The van der Waals surface area contributed by atoms with Crippen LogP contribution in [0.5, 0.6) is 0 Å². The van der Waals surface area contributed by atoms with Crippen LogP contribution < -0.4 is 10.5 Å². The van der Waals surface area contributed by atoms with Crippen LogP contribution in [0, 0.1) is 13.8 Å². The second-order valence-corrected chi connectivity index (χ2v) is 10.1. The number of aromatic nitrogens is 4. The molecule has 3 heterocycles. The summed E-state index contributed by atoms with van der Waals surface area (Å²) in [5.41, 5.74) is 8.00. The lowest BCUT2D eigenvalue weighted by Crippen LogP contribution is -2.15. The Kier molecular flexibility index (Phi) is 5.35. The predicted molar refractivity (Wildman–Crippen MR) is 126 cm³/mol. The lowest BCUT2D eigenvalue weighted by atomic mass is 10.0. The van der Waals surface area contributed by atoms with Crippen molar-refractivity contribution in [3.63, 3.8) is 0 Å². The minimum atomic E-state index is -3.95. The van der Waals surface area contributed by atoms with E-state index in [1.165, 1.54) is 19.3 Å². The fraction of sp³-hybridized carbons (Fsp3) is 0.304. The Labute approximate surface area is 196 Å². The van der Waals surface area contributed by atoms with Gasteiger partial charge in [-0.05, 0) is 38.8 Å². The van der Waals surface area contributed by atoms with E-state index in [4.69, 9.17) is 10.3 Å². The first kappa shape index (κ1) is 22.1. The fourth-order valence-corrected chi connectivity index (χ4v) is 6.07. The van der Waals surface area contributed by atoms with Gasteiger partial charge in [0.25, 0.3) is 10.0 Å². The number of ketones is 1. The minimum Gasteiger partial charge on any atom is -0.383 e. The van der Waals surface area contributed by atoms with Gasteiger partial charge in [0.2, 0.25) is 0 Å². The van der Waals surface area contributed by atoms with Gasteiger partial charge in [0.1, 0.15) is 23.5 Å². The zero-order chi connectivity index (χ0) is 24.0. The van der Waals surface area contributed by atoms with Gasteiger partial charge >= 0.3 is 0 Å². The van der Waals surface area contributed by atoms with Crippen molar-refractivity contribution in [2.75, 3.05) is 10.5 Å². The number of rotatable bonds is 6. The van der Waals surface area contributed by atoms with Crippen molar-refractivity contribution in [3.05, 3.63) is 59.4 Å². The van der Waals surface area contributed by atoms with E-state index in [2.05, 4.69) is 19.8 Å². The molecule has 0 bridgehead atoms. The molecule has 0 spiro atoms. The zero-order valence-electron chi connectivity index (χ0n) is 18.8. The SMILES string of the molecule is Cc1noc(C)c1S(=O)(=O)Nc1cccc(C(=O)c2cn(C3CCCC3)c3ncnc(N)c23)c1. The highest BCUT2D eigenvalue weighted by molar-refractivity contribution is 7.92. The van der Waals surface area contributed by atoms with Crippen LogP contribution in [-0.4, -0.2) is 33.9 Å². The Hall–Kier alpha value is -3.73. The molecule has 5 rings (SSSR count). The maximum Gasteiger partial charge on any atom is 0.267 e. The van der Waals surface area contributed by atoms with E-state index in [0.717, 1.165) is 25.7 Å². The quantitative estimate of drug-likeness (QED) is 0.397. The lowest BCUT2D eigenvalue weighted by Gasteiger charge is -2.12. The number of nitrogens with one attached hydrogen (secondary N) is 1. The van der Waals surface area contributed by atoms with Crippen molar-refractivity contribution in [2.45, 2.75) is 50.5 Å². The van der Waals surface area contributed by atoms with Crippen molar-refractivity contribution in [1.29, 1.82) is 0 Å². The molecule has 1 aromatic carbocycles. The molecular formula is C23H24N6O4S. The Morgan fingerprint density at radius 1 is 1.21 bits per heavy atom. The van der Waals surface area contributed by atoms with Crippen LogP contribution in [-0.2, 0) is 10.0 Å². The Bertz CT molecular complexity index is 1500. The first-order chi connectivity index (χ1) is 16.3. The molecule has 0 radical (unpaired) electrons. The maximum absolute atomic E-state index is 13.6. The van der Waals surface area contributed by atoms with Crippen LogP contribution in [0.2, 0.25) is 0 Å². The largest absolute Gasteiger partial charge is 0.383 e. The summed E-state index contributed by atoms with van der Waals surface area (Å²) in [6.45, 7) is 3.08. The highest BCUT2D eigenvalue weighted by Crippen LogP contribution is 2.35. The standard InChI is InChI=1S/C23H24N6O4S/c1-13-21(14(2)33-27-13)34(31,32)28-16-7-5-6-15(10-16)20(30)18-11-29(17-8-3-4-9-17)23-19(18)22(24)25-12-26-23/h5-7,10-12,17,28H,3-4,8-9H2,1-2H3,(H2,24,25,26). The second-order valence-electron chi connectivity index (χ2n) is 8.51. The number of anilines is 2. The number of nitrogens with two attached hydrogens (primary N) is 1. The third-order valence-corrected chi connectivity index (χ3v) is 7.84. The summed E-state index contributed by atoms with van der Waals surface area (Å²) in [5, 5.41) is 4.22. The predicted octanol–water partition coefficient (Wildman–Crippen LogP) is 3.77. The van der Waals surface area contributed by atoms with E-state index in [1.54, 1.807) is 31.3 Å². The molecule has 0 atom stereocenters. The summed E-state index contributed by atoms with van der Waals surface area (Å²) in [4.78, 5) is 22.0. The lowest BCUT2D eigenvalue weighted by molar-refractivity contribution is 0.104. The van der Waals surface area contributed by atoms with Gasteiger partial charge < -0.3 is 14.8 Å². The summed E-state index contributed by atoms with van der Waals surface area (Å²) in [6.07, 6.45) is 7.49. The van der Waals surface area contributed by atoms with Gasteiger partial charge in [-0.15, -0.1) is 0 Å². The molecule has 1 aliphatic carbocycles. The number of nitrogens with zero attached hydrogens (tertiary/aromatic N) is 4. The normalized spacial score (nSPS) is 14.6. The Balaban J connectivity index is 1.53.